The Morgan fingerprint density at radius 3 is 3.00 bits per heavy atom. The average molecular weight is 201 g/mol. The molecule has 2 heterocycles. The maximum atomic E-state index is 11.9. The highest BCUT2D eigenvalue weighted by Gasteiger charge is 2.32. The topological polar surface area (TPSA) is 20.3 Å². The van der Waals surface area contributed by atoms with E-state index in [0.717, 1.165) is 25.8 Å². The largest absolute Gasteiger partial charge is 0.336 e. The minimum absolute atomic E-state index is 0.341. The SMILES string of the molecule is O=C1CCc2ccccc2C2CCCN12. The van der Waals surface area contributed by atoms with E-state index in [2.05, 4.69) is 29.2 Å². The van der Waals surface area contributed by atoms with Gasteiger partial charge in [0.05, 0.1) is 6.04 Å². The standard InChI is InChI=1S/C13H15NO/c15-13-8-7-10-4-1-2-5-11(10)12-6-3-9-14(12)13/h1-2,4-5,12H,3,6-9H2. The molecule has 2 heteroatoms. The number of carbonyl (C=O) groups excluding carboxylic acids is 1. The number of fused-ring (bicyclic) bond motifs is 3. The lowest BCUT2D eigenvalue weighted by Crippen LogP contribution is -2.28. The van der Waals surface area contributed by atoms with E-state index in [4.69, 9.17) is 0 Å². The van der Waals surface area contributed by atoms with Gasteiger partial charge < -0.3 is 4.90 Å². The molecule has 2 nitrogen and oxygen atoms in total. The summed E-state index contributed by atoms with van der Waals surface area (Å²) in [5.41, 5.74) is 2.76. The predicted octanol–water partition coefficient (Wildman–Crippen LogP) is 2.30. The Kier molecular flexibility index (Phi) is 2.01. The van der Waals surface area contributed by atoms with Gasteiger partial charge in [0.2, 0.25) is 5.91 Å². The monoisotopic (exact) mass is 201 g/mol. The first-order valence-electron chi connectivity index (χ1n) is 5.73. The number of benzene rings is 1. The van der Waals surface area contributed by atoms with E-state index < -0.39 is 0 Å². The van der Waals surface area contributed by atoms with Crippen LogP contribution in [0.2, 0.25) is 0 Å². The Hall–Kier alpha value is -1.31. The van der Waals surface area contributed by atoms with Crippen molar-refractivity contribution in [3.8, 4) is 0 Å². The van der Waals surface area contributed by atoms with Crippen LogP contribution in [-0.2, 0) is 11.2 Å². The molecule has 0 saturated carbocycles. The molecule has 15 heavy (non-hydrogen) atoms. The molecular formula is C13H15NO. The maximum Gasteiger partial charge on any atom is 0.223 e. The fraction of sp³-hybridized carbons (Fsp3) is 0.462. The van der Waals surface area contributed by atoms with Crippen LogP contribution in [0.1, 0.15) is 36.4 Å². The summed E-state index contributed by atoms with van der Waals surface area (Å²) in [4.78, 5) is 14.0. The number of hydrogen-bond donors (Lipinski definition) is 0. The highest BCUT2D eigenvalue weighted by atomic mass is 16.2. The van der Waals surface area contributed by atoms with Crippen LogP contribution in [-0.4, -0.2) is 17.4 Å². The zero-order chi connectivity index (χ0) is 10.3. The van der Waals surface area contributed by atoms with Gasteiger partial charge in [-0.25, -0.2) is 0 Å². The zero-order valence-electron chi connectivity index (χ0n) is 8.78. The molecule has 1 atom stereocenters. The molecule has 1 amide bonds. The van der Waals surface area contributed by atoms with Gasteiger partial charge in [0.1, 0.15) is 0 Å². The van der Waals surface area contributed by atoms with E-state index in [1.165, 1.54) is 11.1 Å². The van der Waals surface area contributed by atoms with Crippen molar-refractivity contribution in [2.45, 2.75) is 31.7 Å². The summed E-state index contributed by atoms with van der Waals surface area (Å²) in [6.45, 7) is 0.956. The van der Waals surface area contributed by atoms with Crippen molar-refractivity contribution in [3.05, 3.63) is 35.4 Å². The Morgan fingerprint density at radius 1 is 1.20 bits per heavy atom. The summed E-state index contributed by atoms with van der Waals surface area (Å²) in [5.74, 6) is 0.341. The van der Waals surface area contributed by atoms with Crippen molar-refractivity contribution in [3.63, 3.8) is 0 Å². The third kappa shape index (κ3) is 1.36. The average Bonchev–Trinajstić information content (AvgIpc) is 2.71. The van der Waals surface area contributed by atoms with Crippen molar-refractivity contribution in [1.29, 1.82) is 0 Å². The van der Waals surface area contributed by atoms with Gasteiger partial charge in [-0.15, -0.1) is 0 Å². The molecule has 1 aromatic carbocycles. The first-order valence-corrected chi connectivity index (χ1v) is 5.73. The van der Waals surface area contributed by atoms with Crippen LogP contribution in [0.4, 0.5) is 0 Å². The molecule has 1 aromatic rings. The molecule has 1 saturated heterocycles. The molecule has 3 rings (SSSR count). The van der Waals surface area contributed by atoms with Crippen LogP contribution in [0.3, 0.4) is 0 Å². The van der Waals surface area contributed by atoms with Crippen LogP contribution in [0.5, 0.6) is 0 Å². The molecule has 1 unspecified atom stereocenters. The second-order valence-corrected chi connectivity index (χ2v) is 4.44. The highest BCUT2D eigenvalue weighted by molar-refractivity contribution is 5.78. The van der Waals surface area contributed by atoms with Gasteiger partial charge in [-0.2, -0.15) is 0 Å². The Bertz CT molecular complexity index is 399. The molecule has 0 spiro atoms. The molecule has 1 fully saturated rings. The van der Waals surface area contributed by atoms with Crippen molar-refractivity contribution in [2.75, 3.05) is 6.54 Å². The fourth-order valence-electron chi connectivity index (χ4n) is 2.86. The lowest BCUT2D eigenvalue weighted by molar-refractivity contribution is -0.131. The predicted molar refractivity (Wildman–Crippen MR) is 58.5 cm³/mol. The third-order valence-electron chi connectivity index (χ3n) is 3.60. The molecule has 0 bridgehead atoms. The number of aryl methyl sites for hydroxylation is 1. The molecule has 0 aromatic heterocycles. The summed E-state index contributed by atoms with van der Waals surface area (Å²) < 4.78 is 0. The molecule has 2 aliphatic heterocycles. The van der Waals surface area contributed by atoms with Crippen molar-refractivity contribution in [1.82, 2.24) is 4.90 Å². The van der Waals surface area contributed by atoms with Crippen LogP contribution in [0, 0.1) is 0 Å². The van der Waals surface area contributed by atoms with E-state index in [9.17, 15) is 4.79 Å². The molecular weight excluding hydrogens is 186 g/mol. The van der Waals surface area contributed by atoms with E-state index in [1.807, 2.05) is 0 Å². The number of hydrogen-bond acceptors (Lipinski definition) is 1. The minimum Gasteiger partial charge on any atom is -0.336 e. The smallest absolute Gasteiger partial charge is 0.223 e. The first kappa shape index (κ1) is 8.96. The molecule has 2 aliphatic rings. The third-order valence-corrected chi connectivity index (χ3v) is 3.60. The number of nitrogens with zero attached hydrogens (tertiary/aromatic N) is 1. The van der Waals surface area contributed by atoms with Gasteiger partial charge in [-0.3, -0.25) is 4.79 Å². The van der Waals surface area contributed by atoms with Gasteiger partial charge in [0.25, 0.3) is 0 Å². The van der Waals surface area contributed by atoms with Crippen molar-refractivity contribution >= 4 is 5.91 Å². The fourth-order valence-corrected chi connectivity index (χ4v) is 2.86. The van der Waals surface area contributed by atoms with Gasteiger partial charge in [0.15, 0.2) is 0 Å². The zero-order valence-corrected chi connectivity index (χ0v) is 8.78. The van der Waals surface area contributed by atoms with Gasteiger partial charge in [0, 0.05) is 13.0 Å². The van der Waals surface area contributed by atoms with Crippen LogP contribution in [0.25, 0.3) is 0 Å². The molecule has 0 aliphatic carbocycles. The van der Waals surface area contributed by atoms with E-state index in [-0.39, 0.29) is 0 Å². The lowest BCUT2D eigenvalue weighted by atomic mass is 9.97. The normalized spacial score (nSPS) is 24.7. The number of carbonyl (C=O) groups is 1. The Labute approximate surface area is 89.9 Å². The summed E-state index contributed by atoms with van der Waals surface area (Å²) in [6.07, 6.45) is 3.91. The highest BCUT2D eigenvalue weighted by Crippen LogP contribution is 2.36. The van der Waals surface area contributed by atoms with Gasteiger partial charge in [-0.05, 0) is 30.4 Å². The van der Waals surface area contributed by atoms with Crippen LogP contribution in [0.15, 0.2) is 24.3 Å². The quantitative estimate of drug-likeness (QED) is 0.630. The van der Waals surface area contributed by atoms with Gasteiger partial charge in [-0.1, -0.05) is 24.3 Å². The first-order chi connectivity index (χ1) is 7.36. The van der Waals surface area contributed by atoms with E-state index in [0.29, 0.717) is 18.4 Å². The van der Waals surface area contributed by atoms with Crippen LogP contribution < -0.4 is 0 Å². The van der Waals surface area contributed by atoms with Crippen LogP contribution >= 0.6 is 0 Å². The molecule has 78 valence electrons. The Morgan fingerprint density at radius 2 is 2.07 bits per heavy atom. The lowest BCUT2D eigenvalue weighted by Gasteiger charge is -2.23. The second-order valence-electron chi connectivity index (χ2n) is 4.44. The Balaban J connectivity index is 2.08. The second kappa shape index (κ2) is 3.37. The van der Waals surface area contributed by atoms with E-state index >= 15 is 0 Å². The summed E-state index contributed by atoms with van der Waals surface area (Å²) in [5, 5.41) is 0. The number of amides is 1. The number of rotatable bonds is 0. The molecule has 0 N–H and O–H groups in total. The summed E-state index contributed by atoms with van der Waals surface area (Å²) in [7, 11) is 0. The van der Waals surface area contributed by atoms with Crippen molar-refractivity contribution in [2.24, 2.45) is 0 Å². The van der Waals surface area contributed by atoms with Crippen molar-refractivity contribution < 1.29 is 4.79 Å². The molecule has 0 radical (unpaired) electrons. The summed E-state index contributed by atoms with van der Waals surface area (Å²) >= 11 is 0. The van der Waals surface area contributed by atoms with Gasteiger partial charge >= 0.3 is 0 Å². The summed E-state index contributed by atoms with van der Waals surface area (Å²) in [6, 6.07) is 8.90. The minimum atomic E-state index is 0.341. The van der Waals surface area contributed by atoms with E-state index in [1.54, 1.807) is 0 Å². The maximum absolute atomic E-state index is 11.9.